The van der Waals surface area contributed by atoms with Gasteiger partial charge in [0.05, 0.1) is 11.8 Å². The summed E-state index contributed by atoms with van der Waals surface area (Å²) in [6.07, 6.45) is 1.52. The predicted molar refractivity (Wildman–Crippen MR) is 152 cm³/mol. The van der Waals surface area contributed by atoms with E-state index >= 15 is 0 Å². The number of ether oxygens (including phenoxy) is 2. The molecule has 0 unspecified atom stereocenters. The highest BCUT2D eigenvalue weighted by molar-refractivity contribution is 6.05. The molecule has 5 rings (SSSR count). The molecule has 5 aromatic rings. The Kier molecular flexibility index (Phi) is 7.74. The largest absolute Gasteiger partial charge is 0.489 e. The maximum Gasteiger partial charge on any atom is 0.344 e. The van der Waals surface area contributed by atoms with Crippen LogP contribution in [0.5, 0.6) is 11.5 Å². The molecule has 0 saturated carbocycles. The molecule has 0 fully saturated rings. The van der Waals surface area contributed by atoms with Gasteiger partial charge in [-0.05, 0) is 83.4 Å². The third kappa shape index (κ3) is 6.56. The van der Waals surface area contributed by atoms with E-state index in [0.29, 0.717) is 29.2 Å². The number of fused-ring (bicyclic) bond motifs is 1. The molecule has 0 saturated heterocycles. The summed E-state index contributed by atoms with van der Waals surface area (Å²) in [6.45, 7) is 2.50. The van der Waals surface area contributed by atoms with Gasteiger partial charge in [0.15, 0.2) is 0 Å². The summed E-state index contributed by atoms with van der Waals surface area (Å²) in [5, 5.41) is 5.85. The highest BCUT2D eigenvalue weighted by Gasteiger charge is 2.12. The lowest BCUT2D eigenvalue weighted by Crippen LogP contribution is -2.17. The number of rotatable bonds is 8. The minimum absolute atomic E-state index is 0.336. The number of hydrogen-bond donors (Lipinski definition) is 1. The topological polar surface area (TPSA) is 77.0 Å². The maximum atomic E-state index is 12.7. The lowest BCUT2D eigenvalue weighted by molar-refractivity contribution is 0.0736. The smallest absolute Gasteiger partial charge is 0.344 e. The van der Waals surface area contributed by atoms with Crippen LogP contribution < -0.4 is 14.9 Å². The van der Waals surface area contributed by atoms with E-state index in [-0.39, 0.29) is 5.91 Å². The second-order valence-electron chi connectivity index (χ2n) is 8.98. The molecule has 39 heavy (non-hydrogen) atoms. The Balaban J connectivity index is 1.12. The summed E-state index contributed by atoms with van der Waals surface area (Å²) in [4.78, 5) is 25.2. The normalized spacial score (nSPS) is 10.9. The van der Waals surface area contributed by atoms with Crippen LogP contribution in [0.1, 0.15) is 37.4 Å². The second kappa shape index (κ2) is 11.9. The zero-order chi connectivity index (χ0) is 27.0. The Bertz CT molecular complexity index is 1620. The van der Waals surface area contributed by atoms with Crippen molar-refractivity contribution in [3.05, 3.63) is 143 Å². The van der Waals surface area contributed by atoms with Crippen molar-refractivity contribution in [1.82, 2.24) is 5.43 Å². The number of hydrogen-bond acceptors (Lipinski definition) is 5. The Morgan fingerprint density at radius 1 is 0.769 bits per heavy atom. The van der Waals surface area contributed by atoms with Crippen LogP contribution in [-0.4, -0.2) is 18.1 Å². The first-order valence-corrected chi connectivity index (χ1v) is 12.5. The fourth-order valence-corrected chi connectivity index (χ4v) is 3.97. The average Bonchev–Trinajstić information content (AvgIpc) is 2.97. The van der Waals surface area contributed by atoms with Gasteiger partial charge in [0.25, 0.3) is 5.91 Å². The summed E-state index contributed by atoms with van der Waals surface area (Å²) in [5.74, 6) is 0.333. The molecule has 1 amide bonds. The number of nitrogens with zero attached hydrogens (tertiary/aromatic N) is 1. The summed E-state index contributed by atoms with van der Waals surface area (Å²) >= 11 is 0. The van der Waals surface area contributed by atoms with Gasteiger partial charge >= 0.3 is 5.97 Å². The van der Waals surface area contributed by atoms with Crippen molar-refractivity contribution in [3.8, 4) is 11.5 Å². The fraction of sp³-hybridized carbons (Fsp3) is 0.0606. The molecule has 0 aliphatic rings. The van der Waals surface area contributed by atoms with Crippen molar-refractivity contribution in [2.24, 2.45) is 5.10 Å². The van der Waals surface area contributed by atoms with Crippen molar-refractivity contribution < 1.29 is 19.1 Å². The predicted octanol–water partition coefficient (Wildman–Crippen LogP) is 6.71. The Morgan fingerprint density at radius 3 is 2.23 bits per heavy atom. The number of carbonyl (C=O) groups is 2. The Morgan fingerprint density at radius 2 is 1.46 bits per heavy atom. The van der Waals surface area contributed by atoms with Gasteiger partial charge in [-0.25, -0.2) is 10.2 Å². The van der Waals surface area contributed by atoms with Gasteiger partial charge in [0.2, 0.25) is 0 Å². The van der Waals surface area contributed by atoms with E-state index in [1.807, 2.05) is 67.6 Å². The van der Waals surface area contributed by atoms with Crippen LogP contribution in [0.4, 0.5) is 0 Å². The molecule has 0 aliphatic carbocycles. The molecule has 6 nitrogen and oxygen atoms in total. The van der Waals surface area contributed by atoms with Crippen molar-refractivity contribution in [3.63, 3.8) is 0 Å². The highest BCUT2D eigenvalue weighted by atomic mass is 16.5. The molecular weight excluding hydrogens is 488 g/mol. The van der Waals surface area contributed by atoms with Gasteiger partial charge in [-0.2, -0.15) is 5.10 Å². The van der Waals surface area contributed by atoms with Crippen LogP contribution in [0.3, 0.4) is 0 Å². The third-order valence-corrected chi connectivity index (χ3v) is 6.12. The fourth-order valence-electron chi connectivity index (χ4n) is 3.97. The van der Waals surface area contributed by atoms with Gasteiger partial charge in [0.1, 0.15) is 18.1 Å². The van der Waals surface area contributed by atoms with Crippen LogP contribution in [0.15, 0.2) is 120 Å². The van der Waals surface area contributed by atoms with Gasteiger partial charge < -0.3 is 9.47 Å². The average molecular weight is 515 g/mol. The number of benzene rings is 5. The van der Waals surface area contributed by atoms with E-state index in [9.17, 15) is 9.59 Å². The molecular formula is C33H26N2O4. The first kappa shape index (κ1) is 25.4. The Hall–Kier alpha value is -5.23. The molecule has 6 heteroatoms. The van der Waals surface area contributed by atoms with E-state index < -0.39 is 5.97 Å². The quantitative estimate of drug-likeness (QED) is 0.108. The van der Waals surface area contributed by atoms with Gasteiger partial charge in [-0.1, -0.05) is 66.2 Å². The number of esters is 1. The first-order valence-electron chi connectivity index (χ1n) is 12.5. The zero-order valence-electron chi connectivity index (χ0n) is 21.3. The number of carbonyl (C=O) groups excluding carboxylic acids is 2. The van der Waals surface area contributed by atoms with Crippen molar-refractivity contribution >= 4 is 28.9 Å². The van der Waals surface area contributed by atoms with Crippen LogP contribution in [0.25, 0.3) is 10.8 Å². The number of aryl methyl sites for hydroxylation is 1. The summed E-state index contributed by atoms with van der Waals surface area (Å²) in [5.41, 5.74) is 6.50. The van der Waals surface area contributed by atoms with E-state index in [1.165, 1.54) is 11.8 Å². The van der Waals surface area contributed by atoms with Crippen LogP contribution in [0.2, 0.25) is 0 Å². The summed E-state index contributed by atoms with van der Waals surface area (Å²) < 4.78 is 11.3. The van der Waals surface area contributed by atoms with Gasteiger partial charge in [-0.15, -0.1) is 0 Å². The molecule has 0 aliphatic heterocycles. The third-order valence-electron chi connectivity index (χ3n) is 6.12. The van der Waals surface area contributed by atoms with Crippen LogP contribution >= 0.6 is 0 Å². The second-order valence-corrected chi connectivity index (χ2v) is 8.98. The maximum absolute atomic E-state index is 12.7. The van der Waals surface area contributed by atoms with Crippen molar-refractivity contribution in [2.45, 2.75) is 13.5 Å². The van der Waals surface area contributed by atoms with Crippen molar-refractivity contribution in [2.75, 3.05) is 0 Å². The lowest BCUT2D eigenvalue weighted by Gasteiger charge is -2.08. The molecule has 0 radical (unpaired) electrons. The molecule has 0 heterocycles. The van der Waals surface area contributed by atoms with Crippen LogP contribution in [0, 0.1) is 6.92 Å². The molecule has 0 atom stereocenters. The first-order chi connectivity index (χ1) is 19.0. The monoisotopic (exact) mass is 514 g/mol. The minimum atomic E-state index is -0.424. The van der Waals surface area contributed by atoms with E-state index in [0.717, 1.165) is 21.9 Å². The van der Waals surface area contributed by atoms with E-state index in [2.05, 4.69) is 10.5 Å². The molecule has 0 bridgehead atoms. The lowest BCUT2D eigenvalue weighted by atomic mass is 10.0. The number of nitrogens with one attached hydrogen (secondary N) is 1. The minimum Gasteiger partial charge on any atom is -0.489 e. The SMILES string of the molecule is Cc1ccc(COc2ccc(C(=O)N/N=C\c3ccc(OC(=O)c4cccc5ccccc45)cc3)cc2)cc1. The molecule has 192 valence electrons. The summed E-state index contributed by atoms with van der Waals surface area (Å²) in [7, 11) is 0. The molecule has 5 aromatic carbocycles. The van der Waals surface area contributed by atoms with Crippen LogP contribution in [-0.2, 0) is 6.61 Å². The summed E-state index contributed by atoms with van der Waals surface area (Å²) in [6, 6.07) is 35.1. The number of amides is 1. The van der Waals surface area contributed by atoms with E-state index in [4.69, 9.17) is 9.47 Å². The molecule has 0 spiro atoms. The van der Waals surface area contributed by atoms with Gasteiger partial charge in [-0.3, -0.25) is 4.79 Å². The highest BCUT2D eigenvalue weighted by Crippen LogP contribution is 2.21. The molecule has 1 N–H and O–H groups in total. The Labute approximate surface area is 226 Å². The number of hydrazone groups is 1. The van der Waals surface area contributed by atoms with E-state index in [1.54, 1.807) is 54.6 Å². The van der Waals surface area contributed by atoms with Crippen molar-refractivity contribution in [1.29, 1.82) is 0 Å². The zero-order valence-corrected chi connectivity index (χ0v) is 21.3. The van der Waals surface area contributed by atoms with Gasteiger partial charge in [0, 0.05) is 5.56 Å². The standard InChI is InChI=1S/C33H26N2O4/c1-23-9-11-25(12-10-23)22-38-28-19-15-27(16-20-28)32(36)35-34-21-24-13-17-29(18-14-24)39-33(37)31-8-4-6-26-5-2-3-7-30(26)31/h2-21H,22H2,1H3,(H,35,36)/b34-21-. The molecule has 0 aromatic heterocycles.